The van der Waals surface area contributed by atoms with E-state index in [2.05, 4.69) is 129 Å². The van der Waals surface area contributed by atoms with Gasteiger partial charge in [0.1, 0.15) is 0 Å². The van der Waals surface area contributed by atoms with Crippen LogP contribution >= 0.6 is 0 Å². The van der Waals surface area contributed by atoms with E-state index in [9.17, 15) is 0 Å². The first kappa shape index (κ1) is 19.8. The van der Waals surface area contributed by atoms with Crippen molar-refractivity contribution in [2.75, 3.05) is 5.32 Å². The zero-order valence-corrected chi connectivity index (χ0v) is 19.3. The largest absolute Gasteiger partial charge is 0.356 e. The Morgan fingerprint density at radius 3 is 2.21 bits per heavy atom. The zero-order valence-electron chi connectivity index (χ0n) is 19.3. The summed E-state index contributed by atoms with van der Waals surface area (Å²) in [7, 11) is 0. The van der Waals surface area contributed by atoms with Crippen LogP contribution in [0, 0.1) is 6.92 Å². The van der Waals surface area contributed by atoms with Crippen LogP contribution in [-0.4, -0.2) is 0 Å². The number of benzene rings is 5. The summed E-state index contributed by atoms with van der Waals surface area (Å²) in [5, 5.41) is 6.27. The number of hydrogen-bond acceptors (Lipinski definition) is 1. The summed E-state index contributed by atoms with van der Waals surface area (Å²) in [6.07, 6.45) is 0. The monoisotopic (exact) mass is 425 g/mol. The molecule has 0 bridgehead atoms. The highest BCUT2D eigenvalue weighted by Gasteiger charge is 2.36. The van der Waals surface area contributed by atoms with Crippen molar-refractivity contribution in [3.05, 3.63) is 120 Å². The van der Waals surface area contributed by atoms with E-state index in [0.29, 0.717) is 0 Å². The van der Waals surface area contributed by atoms with Crippen LogP contribution in [0.2, 0.25) is 0 Å². The molecule has 1 N–H and O–H groups in total. The Labute approximate surface area is 195 Å². The average Bonchev–Trinajstić information content (AvgIpc) is 3.06. The standard InChI is InChI=1S/C32H27N/c1-21-7-6-9-24(19-21)22-11-14-25(15-12-22)33-26-16-17-28-30(20-26)32(2,3)29-18-13-23-8-4-5-10-27(23)31(28)29/h4-20,33H,1-3H3. The van der Waals surface area contributed by atoms with Crippen molar-refractivity contribution in [2.45, 2.75) is 26.2 Å². The molecule has 1 aliphatic rings. The quantitative estimate of drug-likeness (QED) is 0.304. The highest BCUT2D eigenvalue weighted by molar-refractivity contribution is 6.02. The molecule has 0 heterocycles. The summed E-state index contributed by atoms with van der Waals surface area (Å²) >= 11 is 0. The summed E-state index contributed by atoms with van der Waals surface area (Å²) < 4.78 is 0. The topological polar surface area (TPSA) is 12.0 Å². The number of hydrogen-bond donors (Lipinski definition) is 1. The second kappa shape index (κ2) is 7.35. The average molecular weight is 426 g/mol. The Hall–Kier alpha value is -3.84. The van der Waals surface area contributed by atoms with Gasteiger partial charge < -0.3 is 5.32 Å². The van der Waals surface area contributed by atoms with E-state index in [1.165, 1.54) is 49.7 Å². The summed E-state index contributed by atoms with van der Waals surface area (Å²) in [4.78, 5) is 0. The molecule has 0 saturated carbocycles. The number of nitrogens with one attached hydrogen (secondary N) is 1. The van der Waals surface area contributed by atoms with Crippen LogP contribution in [0.5, 0.6) is 0 Å². The second-order valence-corrected chi connectivity index (χ2v) is 9.67. The Morgan fingerprint density at radius 1 is 0.606 bits per heavy atom. The molecule has 5 aromatic rings. The maximum Gasteiger partial charge on any atom is 0.0387 e. The zero-order chi connectivity index (χ0) is 22.6. The van der Waals surface area contributed by atoms with Crippen LogP contribution in [0.15, 0.2) is 103 Å². The van der Waals surface area contributed by atoms with Gasteiger partial charge in [0.2, 0.25) is 0 Å². The van der Waals surface area contributed by atoms with Crippen molar-refractivity contribution in [1.29, 1.82) is 0 Å². The minimum absolute atomic E-state index is 0.0264. The van der Waals surface area contributed by atoms with Crippen molar-refractivity contribution in [3.63, 3.8) is 0 Å². The molecule has 6 rings (SSSR count). The van der Waals surface area contributed by atoms with E-state index in [1.54, 1.807) is 0 Å². The highest BCUT2D eigenvalue weighted by atomic mass is 14.9. The molecule has 0 saturated heterocycles. The summed E-state index contributed by atoms with van der Waals surface area (Å²) in [5.41, 5.74) is 11.5. The molecule has 160 valence electrons. The van der Waals surface area contributed by atoms with Gasteiger partial charge in [-0.25, -0.2) is 0 Å². The number of rotatable bonds is 3. The Morgan fingerprint density at radius 2 is 1.39 bits per heavy atom. The molecule has 5 aromatic carbocycles. The number of fused-ring (bicyclic) bond motifs is 5. The molecule has 0 amide bonds. The second-order valence-electron chi connectivity index (χ2n) is 9.67. The van der Waals surface area contributed by atoms with Crippen LogP contribution in [0.4, 0.5) is 11.4 Å². The fraction of sp³-hybridized carbons (Fsp3) is 0.125. The van der Waals surface area contributed by atoms with E-state index in [4.69, 9.17) is 0 Å². The lowest BCUT2D eigenvalue weighted by Gasteiger charge is -2.22. The lowest BCUT2D eigenvalue weighted by atomic mass is 9.82. The third-order valence-electron chi connectivity index (χ3n) is 7.09. The smallest absolute Gasteiger partial charge is 0.0387 e. The Balaban J connectivity index is 1.35. The lowest BCUT2D eigenvalue weighted by Crippen LogP contribution is -2.15. The number of anilines is 2. The van der Waals surface area contributed by atoms with Crippen LogP contribution in [-0.2, 0) is 5.41 Å². The van der Waals surface area contributed by atoms with Gasteiger partial charge in [-0.05, 0) is 75.3 Å². The Kier molecular flexibility index (Phi) is 4.41. The van der Waals surface area contributed by atoms with Gasteiger partial charge in [0.05, 0.1) is 0 Å². The number of aryl methyl sites for hydroxylation is 1. The lowest BCUT2D eigenvalue weighted by molar-refractivity contribution is 0.661. The normalized spacial score (nSPS) is 13.5. The molecule has 0 atom stereocenters. The predicted molar refractivity (Wildman–Crippen MR) is 141 cm³/mol. The molecule has 1 nitrogen and oxygen atoms in total. The minimum atomic E-state index is -0.0264. The van der Waals surface area contributed by atoms with Crippen LogP contribution in [0.1, 0.15) is 30.5 Å². The van der Waals surface area contributed by atoms with E-state index in [1.807, 2.05) is 0 Å². The van der Waals surface area contributed by atoms with E-state index < -0.39 is 0 Å². The van der Waals surface area contributed by atoms with Crippen molar-refractivity contribution in [3.8, 4) is 22.3 Å². The minimum Gasteiger partial charge on any atom is -0.356 e. The van der Waals surface area contributed by atoms with Crippen molar-refractivity contribution >= 4 is 22.1 Å². The maximum absolute atomic E-state index is 3.63. The molecule has 33 heavy (non-hydrogen) atoms. The van der Waals surface area contributed by atoms with Gasteiger partial charge in [0.15, 0.2) is 0 Å². The van der Waals surface area contributed by atoms with Crippen molar-refractivity contribution in [1.82, 2.24) is 0 Å². The summed E-state index contributed by atoms with van der Waals surface area (Å²) in [5.74, 6) is 0. The fourth-order valence-corrected chi connectivity index (χ4v) is 5.32. The van der Waals surface area contributed by atoms with Gasteiger partial charge in [0, 0.05) is 16.8 Å². The van der Waals surface area contributed by atoms with E-state index in [-0.39, 0.29) is 5.41 Å². The molecule has 0 aliphatic heterocycles. The van der Waals surface area contributed by atoms with Gasteiger partial charge in [0.25, 0.3) is 0 Å². The molecule has 1 aliphatic carbocycles. The fourth-order valence-electron chi connectivity index (χ4n) is 5.32. The van der Waals surface area contributed by atoms with Gasteiger partial charge in [-0.1, -0.05) is 98.3 Å². The summed E-state index contributed by atoms with van der Waals surface area (Å²) in [6.45, 7) is 6.82. The molecular weight excluding hydrogens is 398 g/mol. The van der Waals surface area contributed by atoms with Gasteiger partial charge in [-0.2, -0.15) is 0 Å². The molecule has 0 aromatic heterocycles. The van der Waals surface area contributed by atoms with Crippen molar-refractivity contribution in [2.24, 2.45) is 0 Å². The first-order chi connectivity index (χ1) is 16.0. The molecule has 1 heteroatoms. The first-order valence-electron chi connectivity index (χ1n) is 11.6. The first-order valence-corrected chi connectivity index (χ1v) is 11.6. The highest BCUT2D eigenvalue weighted by Crippen LogP contribution is 2.51. The van der Waals surface area contributed by atoms with E-state index >= 15 is 0 Å². The Bertz CT molecular complexity index is 1510. The molecule has 0 fully saturated rings. The van der Waals surface area contributed by atoms with E-state index in [0.717, 1.165) is 11.4 Å². The predicted octanol–water partition coefficient (Wildman–Crippen LogP) is 8.87. The SMILES string of the molecule is Cc1cccc(-c2ccc(Nc3ccc4c(c3)C(C)(C)c3ccc5ccccc5c3-4)cc2)c1. The molecule has 0 spiro atoms. The summed E-state index contributed by atoms with van der Waals surface area (Å²) in [6, 6.07) is 37.5. The molecular formula is C32H27N. The van der Waals surface area contributed by atoms with Crippen LogP contribution in [0.25, 0.3) is 33.0 Å². The third-order valence-corrected chi connectivity index (χ3v) is 7.09. The third kappa shape index (κ3) is 3.24. The van der Waals surface area contributed by atoms with Gasteiger partial charge in [-0.3, -0.25) is 0 Å². The molecule has 0 unspecified atom stereocenters. The van der Waals surface area contributed by atoms with Crippen LogP contribution in [0.3, 0.4) is 0 Å². The van der Waals surface area contributed by atoms with Crippen LogP contribution < -0.4 is 5.32 Å². The van der Waals surface area contributed by atoms with Gasteiger partial charge >= 0.3 is 0 Å². The molecule has 0 radical (unpaired) electrons. The van der Waals surface area contributed by atoms with Crippen molar-refractivity contribution < 1.29 is 0 Å². The maximum atomic E-state index is 3.63. The van der Waals surface area contributed by atoms with Gasteiger partial charge in [-0.15, -0.1) is 0 Å².